The molecule has 0 atom stereocenters. The van der Waals surface area contributed by atoms with Crippen LogP contribution in [0.15, 0.2) is 41.3 Å². The van der Waals surface area contributed by atoms with E-state index in [1.54, 1.807) is 21.6 Å². The number of pyridine rings is 1. The third-order valence-corrected chi connectivity index (χ3v) is 6.41. The first-order valence-electron chi connectivity index (χ1n) is 12.2. The van der Waals surface area contributed by atoms with Crippen LogP contribution in [-0.4, -0.2) is 30.9 Å². The first-order valence-corrected chi connectivity index (χ1v) is 12.2. The number of nitrogens with one attached hydrogen (secondary N) is 2. The lowest BCUT2D eigenvalue weighted by atomic mass is 9.91. The summed E-state index contributed by atoms with van der Waals surface area (Å²) in [5.41, 5.74) is 4.63. The number of anilines is 2. The SMILES string of the molecule is [C-]#[N+]c1ccc(C(C)(C)C)nc1-n1c2nc(Nc3ccc4c(c3)CCNC4)ncc2c(=O)n1C(C)C. The molecule has 184 valence electrons. The minimum absolute atomic E-state index is 0.184. The van der Waals surface area contributed by atoms with Crippen molar-refractivity contribution in [2.45, 2.75) is 59.0 Å². The predicted molar refractivity (Wildman–Crippen MR) is 141 cm³/mol. The molecule has 0 saturated carbocycles. The molecule has 36 heavy (non-hydrogen) atoms. The van der Waals surface area contributed by atoms with Gasteiger partial charge in [0.15, 0.2) is 11.5 Å². The summed E-state index contributed by atoms with van der Waals surface area (Å²) >= 11 is 0. The van der Waals surface area contributed by atoms with Gasteiger partial charge in [0.2, 0.25) is 11.6 Å². The Morgan fingerprint density at radius 1 is 1.14 bits per heavy atom. The summed E-state index contributed by atoms with van der Waals surface area (Å²) in [4.78, 5) is 31.2. The minimum Gasteiger partial charge on any atom is -0.324 e. The van der Waals surface area contributed by atoms with Gasteiger partial charge in [0, 0.05) is 35.6 Å². The van der Waals surface area contributed by atoms with Crippen molar-refractivity contribution in [1.29, 1.82) is 0 Å². The molecule has 4 aromatic rings. The molecule has 0 radical (unpaired) electrons. The molecule has 3 aromatic heterocycles. The zero-order valence-corrected chi connectivity index (χ0v) is 21.3. The normalized spacial score (nSPS) is 13.6. The lowest BCUT2D eigenvalue weighted by Crippen LogP contribution is -2.25. The van der Waals surface area contributed by atoms with Gasteiger partial charge in [0.05, 0.1) is 6.57 Å². The first kappa shape index (κ1) is 23.7. The molecule has 2 N–H and O–H groups in total. The molecule has 0 saturated heterocycles. The van der Waals surface area contributed by atoms with Crippen molar-refractivity contribution in [2.24, 2.45) is 0 Å². The Morgan fingerprint density at radius 3 is 2.67 bits per heavy atom. The van der Waals surface area contributed by atoms with Gasteiger partial charge in [0.25, 0.3) is 5.56 Å². The maximum Gasteiger partial charge on any atom is 0.278 e. The van der Waals surface area contributed by atoms with Gasteiger partial charge < -0.3 is 10.6 Å². The van der Waals surface area contributed by atoms with Gasteiger partial charge in [0.1, 0.15) is 5.39 Å². The van der Waals surface area contributed by atoms with Gasteiger partial charge in [-0.15, -0.1) is 0 Å². The highest BCUT2D eigenvalue weighted by Gasteiger charge is 2.24. The molecule has 0 aliphatic carbocycles. The van der Waals surface area contributed by atoms with Crippen LogP contribution in [0.2, 0.25) is 0 Å². The Kier molecular flexibility index (Phi) is 5.85. The zero-order chi connectivity index (χ0) is 25.6. The van der Waals surface area contributed by atoms with E-state index in [1.807, 2.05) is 26.0 Å². The molecule has 0 fully saturated rings. The number of aromatic nitrogens is 5. The van der Waals surface area contributed by atoms with Crippen molar-refractivity contribution in [3.8, 4) is 5.82 Å². The van der Waals surface area contributed by atoms with Crippen LogP contribution in [0.25, 0.3) is 21.7 Å². The van der Waals surface area contributed by atoms with Crippen molar-refractivity contribution in [1.82, 2.24) is 29.6 Å². The smallest absolute Gasteiger partial charge is 0.278 e. The average molecular weight is 483 g/mol. The molecule has 4 heterocycles. The number of hydrogen-bond donors (Lipinski definition) is 2. The van der Waals surface area contributed by atoms with Crippen molar-refractivity contribution >= 4 is 28.4 Å². The van der Waals surface area contributed by atoms with E-state index in [9.17, 15) is 4.79 Å². The fraction of sp³-hybridized carbons (Fsp3) is 0.370. The van der Waals surface area contributed by atoms with Gasteiger partial charge in [-0.1, -0.05) is 39.0 Å². The number of benzene rings is 1. The van der Waals surface area contributed by atoms with Crippen molar-refractivity contribution < 1.29 is 0 Å². The van der Waals surface area contributed by atoms with Crippen LogP contribution in [0.4, 0.5) is 17.3 Å². The molecule has 5 rings (SSSR count). The Labute approximate surface area is 210 Å². The summed E-state index contributed by atoms with van der Waals surface area (Å²) in [7, 11) is 0. The fourth-order valence-corrected chi connectivity index (χ4v) is 4.52. The Bertz CT molecular complexity index is 1570. The quantitative estimate of drug-likeness (QED) is 0.406. The van der Waals surface area contributed by atoms with E-state index in [0.29, 0.717) is 28.5 Å². The second-order valence-corrected chi connectivity index (χ2v) is 10.4. The molecule has 0 amide bonds. The molecular formula is C27H30N8O. The van der Waals surface area contributed by atoms with E-state index in [1.165, 1.54) is 11.1 Å². The number of rotatable bonds is 4. The average Bonchev–Trinajstić information content (AvgIpc) is 3.14. The number of hydrogen-bond acceptors (Lipinski definition) is 6. The van der Waals surface area contributed by atoms with Crippen LogP contribution in [0, 0.1) is 6.57 Å². The van der Waals surface area contributed by atoms with Crippen LogP contribution < -0.4 is 16.2 Å². The maximum absolute atomic E-state index is 13.4. The maximum atomic E-state index is 13.4. The van der Waals surface area contributed by atoms with Gasteiger partial charge in [-0.3, -0.25) is 4.79 Å². The highest BCUT2D eigenvalue weighted by Crippen LogP contribution is 2.30. The van der Waals surface area contributed by atoms with Gasteiger partial charge in [-0.2, -0.15) is 4.98 Å². The lowest BCUT2D eigenvalue weighted by Gasteiger charge is -2.21. The van der Waals surface area contributed by atoms with E-state index < -0.39 is 0 Å². The third kappa shape index (κ3) is 4.14. The molecule has 1 aromatic carbocycles. The molecule has 0 spiro atoms. The van der Waals surface area contributed by atoms with Gasteiger partial charge >= 0.3 is 0 Å². The summed E-state index contributed by atoms with van der Waals surface area (Å²) < 4.78 is 3.27. The summed E-state index contributed by atoms with van der Waals surface area (Å²) in [6, 6.07) is 9.69. The topological polar surface area (TPSA) is 94.0 Å². The molecule has 1 aliphatic heterocycles. The van der Waals surface area contributed by atoms with Crippen LogP contribution in [0.1, 0.15) is 57.5 Å². The largest absolute Gasteiger partial charge is 0.324 e. The lowest BCUT2D eigenvalue weighted by molar-refractivity contribution is 0.469. The molecule has 1 aliphatic rings. The first-order chi connectivity index (χ1) is 17.2. The van der Waals surface area contributed by atoms with E-state index in [2.05, 4.69) is 53.4 Å². The monoisotopic (exact) mass is 482 g/mol. The second-order valence-electron chi connectivity index (χ2n) is 10.4. The van der Waals surface area contributed by atoms with Crippen LogP contribution in [0.5, 0.6) is 0 Å². The van der Waals surface area contributed by atoms with Gasteiger partial charge in [-0.05, 0) is 50.1 Å². The van der Waals surface area contributed by atoms with Crippen LogP contribution in [0.3, 0.4) is 0 Å². The van der Waals surface area contributed by atoms with Crippen LogP contribution >= 0.6 is 0 Å². The highest BCUT2D eigenvalue weighted by atomic mass is 16.1. The summed E-state index contributed by atoms with van der Waals surface area (Å²) in [5.74, 6) is 0.770. The Morgan fingerprint density at radius 2 is 1.94 bits per heavy atom. The fourth-order valence-electron chi connectivity index (χ4n) is 4.52. The van der Waals surface area contributed by atoms with Crippen molar-refractivity contribution in [3.05, 3.63) is 75.1 Å². The van der Waals surface area contributed by atoms with E-state index >= 15 is 0 Å². The minimum atomic E-state index is -0.231. The number of nitrogens with zero attached hydrogens (tertiary/aromatic N) is 6. The Hall–Kier alpha value is -4.03. The highest BCUT2D eigenvalue weighted by molar-refractivity contribution is 5.78. The molecule has 9 nitrogen and oxygen atoms in total. The summed E-state index contributed by atoms with van der Waals surface area (Å²) in [5, 5.41) is 7.06. The van der Waals surface area contributed by atoms with Crippen LogP contribution in [-0.2, 0) is 18.4 Å². The molecule has 0 unspecified atom stereocenters. The third-order valence-electron chi connectivity index (χ3n) is 6.41. The molecule has 0 bridgehead atoms. The van der Waals surface area contributed by atoms with E-state index in [0.717, 1.165) is 30.9 Å². The molecular weight excluding hydrogens is 452 g/mol. The Balaban J connectivity index is 1.69. The van der Waals surface area contributed by atoms with Gasteiger partial charge in [-0.25, -0.2) is 24.2 Å². The standard InChI is InChI=1S/C27H30N8O/c1-16(2)34-25(36)20-15-30-26(31-19-8-7-18-14-29-12-11-17(18)13-19)33-23(20)35(34)24-21(28-6)9-10-22(32-24)27(3,4)5/h7-10,13,15-16,29H,11-12,14H2,1-5H3,(H,30,31,33). The summed E-state index contributed by atoms with van der Waals surface area (Å²) in [6.07, 6.45) is 2.52. The molecule has 9 heteroatoms. The number of fused-ring (bicyclic) bond motifs is 2. The second kappa shape index (κ2) is 8.88. The summed E-state index contributed by atoms with van der Waals surface area (Å²) in [6.45, 7) is 19.6. The zero-order valence-electron chi connectivity index (χ0n) is 21.3. The predicted octanol–water partition coefficient (Wildman–Crippen LogP) is 4.80. The van der Waals surface area contributed by atoms with E-state index in [-0.39, 0.29) is 17.0 Å². The van der Waals surface area contributed by atoms with E-state index in [4.69, 9.17) is 16.5 Å². The van der Waals surface area contributed by atoms with Crippen molar-refractivity contribution in [2.75, 3.05) is 11.9 Å². The van der Waals surface area contributed by atoms with Crippen molar-refractivity contribution in [3.63, 3.8) is 0 Å².